The normalized spacial score (nSPS) is 10.6. The van der Waals surface area contributed by atoms with Gasteiger partial charge < -0.3 is 4.98 Å². The molecule has 0 saturated heterocycles. The largest absolute Gasteiger partial charge is 0.335 e. The molecule has 0 fully saturated rings. The first kappa shape index (κ1) is 12.0. The molecule has 0 spiro atoms. The topological polar surface area (TPSA) is 88.9 Å². The van der Waals surface area contributed by atoms with Gasteiger partial charge in [-0.25, -0.2) is 4.98 Å². The minimum atomic E-state index is -0.514. The predicted octanol–water partition coefficient (Wildman–Crippen LogP) is 2.70. The first-order valence-electron chi connectivity index (χ1n) is 5.89. The molecular formula is C14H9N3O3. The van der Waals surface area contributed by atoms with Gasteiger partial charge in [-0.3, -0.25) is 14.9 Å². The van der Waals surface area contributed by atoms with Gasteiger partial charge in [-0.1, -0.05) is 36.4 Å². The number of ketones is 1. The second-order valence-electron chi connectivity index (χ2n) is 4.21. The molecule has 0 aliphatic carbocycles. The van der Waals surface area contributed by atoms with Crippen molar-refractivity contribution in [3.8, 4) is 0 Å². The summed E-state index contributed by atoms with van der Waals surface area (Å²) in [6, 6.07) is 13.2. The zero-order valence-electron chi connectivity index (χ0n) is 10.2. The van der Waals surface area contributed by atoms with E-state index in [2.05, 4.69) is 9.97 Å². The zero-order chi connectivity index (χ0) is 14.1. The molecule has 1 heterocycles. The SMILES string of the molecule is O=C(c1ccccc1)c1nc2c([N+](=O)[O-])cccc2[nH]1. The summed E-state index contributed by atoms with van der Waals surface area (Å²) in [6.45, 7) is 0. The maximum absolute atomic E-state index is 12.2. The van der Waals surface area contributed by atoms with E-state index in [1.807, 2.05) is 0 Å². The molecule has 1 aromatic heterocycles. The van der Waals surface area contributed by atoms with Gasteiger partial charge in [-0.05, 0) is 6.07 Å². The number of benzene rings is 2. The number of hydrogen-bond acceptors (Lipinski definition) is 4. The minimum absolute atomic E-state index is 0.0977. The molecule has 6 heteroatoms. The highest BCUT2D eigenvalue weighted by Gasteiger charge is 2.19. The van der Waals surface area contributed by atoms with E-state index in [1.54, 1.807) is 42.5 Å². The van der Waals surface area contributed by atoms with E-state index >= 15 is 0 Å². The monoisotopic (exact) mass is 267 g/mol. The van der Waals surface area contributed by atoms with Crippen LogP contribution in [0.2, 0.25) is 0 Å². The fourth-order valence-electron chi connectivity index (χ4n) is 2.00. The van der Waals surface area contributed by atoms with Crippen LogP contribution in [0.4, 0.5) is 5.69 Å². The van der Waals surface area contributed by atoms with E-state index in [-0.39, 0.29) is 22.8 Å². The highest BCUT2D eigenvalue weighted by molar-refractivity contribution is 6.08. The van der Waals surface area contributed by atoms with E-state index in [4.69, 9.17) is 0 Å². The van der Waals surface area contributed by atoms with Crippen molar-refractivity contribution in [2.75, 3.05) is 0 Å². The Hall–Kier alpha value is -3.02. The van der Waals surface area contributed by atoms with E-state index in [0.717, 1.165) is 0 Å². The first-order valence-corrected chi connectivity index (χ1v) is 5.89. The molecule has 3 rings (SSSR count). The quantitative estimate of drug-likeness (QED) is 0.449. The fraction of sp³-hybridized carbons (Fsp3) is 0. The number of rotatable bonds is 3. The summed E-state index contributed by atoms with van der Waals surface area (Å²) in [5, 5.41) is 10.9. The third-order valence-electron chi connectivity index (χ3n) is 2.94. The molecule has 0 aliphatic heterocycles. The summed E-state index contributed by atoms with van der Waals surface area (Å²) >= 11 is 0. The molecule has 0 aliphatic rings. The van der Waals surface area contributed by atoms with Gasteiger partial charge in [0.2, 0.25) is 5.78 Å². The smallest absolute Gasteiger partial charge is 0.297 e. The van der Waals surface area contributed by atoms with Crippen molar-refractivity contribution < 1.29 is 9.72 Å². The predicted molar refractivity (Wildman–Crippen MR) is 72.6 cm³/mol. The van der Waals surface area contributed by atoms with Crippen molar-refractivity contribution in [3.63, 3.8) is 0 Å². The van der Waals surface area contributed by atoms with Gasteiger partial charge >= 0.3 is 0 Å². The van der Waals surface area contributed by atoms with Crippen LogP contribution in [0.25, 0.3) is 11.0 Å². The zero-order valence-corrected chi connectivity index (χ0v) is 10.2. The molecule has 1 N–H and O–H groups in total. The van der Waals surface area contributed by atoms with E-state index in [1.165, 1.54) is 6.07 Å². The molecule has 0 radical (unpaired) electrons. The molecule has 0 bridgehead atoms. The maximum atomic E-state index is 12.2. The highest BCUT2D eigenvalue weighted by atomic mass is 16.6. The average molecular weight is 267 g/mol. The Kier molecular flexibility index (Phi) is 2.76. The fourth-order valence-corrected chi connectivity index (χ4v) is 2.00. The molecule has 0 unspecified atom stereocenters. The maximum Gasteiger partial charge on any atom is 0.297 e. The van der Waals surface area contributed by atoms with Gasteiger partial charge in [-0.15, -0.1) is 0 Å². The number of carbonyl (C=O) groups excluding carboxylic acids is 1. The Balaban J connectivity index is 2.12. The van der Waals surface area contributed by atoms with Crippen molar-refractivity contribution in [1.29, 1.82) is 0 Å². The number of aromatic nitrogens is 2. The number of aromatic amines is 1. The third-order valence-corrected chi connectivity index (χ3v) is 2.94. The van der Waals surface area contributed by atoms with Gasteiger partial charge in [-0.2, -0.15) is 0 Å². The lowest BCUT2D eigenvalue weighted by molar-refractivity contribution is -0.383. The Morgan fingerprint density at radius 1 is 1.10 bits per heavy atom. The number of carbonyl (C=O) groups is 1. The lowest BCUT2D eigenvalue weighted by Crippen LogP contribution is -2.03. The summed E-state index contributed by atoms with van der Waals surface area (Å²) in [6.07, 6.45) is 0. The lowest BCUT2D eigenvalue weighted by Gasteiger charge is -1.95. The van der Waals surface area contributed by atoms with E-state index < -0.39 is 4.92 Å². The van der Waals surface area contributed by atoms with Crippen molar-refractivity contribution in [1.82, 2.24) is 9.97 Å². The second-order valence-corrected chi connectivity index (χ2v) is 4.21. The Bertz CT molecular complexity index is 809. The Morgan fingerprint density at radius 2 is 1.85 bits per heavy atom. The van der Waals surface area contributed by atoms with Crippen LogP contribution >= 0.6 is 0 Å². The third kappa shape index (κ3) is 1.93. The van der Waals surface area contributed by atoms with Crippen LogP contribution in [-0.2, 0) is 0 Å². The number of non-ortho nitro benzene ring substituents is 1. The molecule has 20 heavy (non-hydrogen) atoms. The molecular weight excluding hydrogens is 258 g/mol. The van der Waals surface area contributed by atoms with Crippen LogP contribution < -0.4 is 0 Å². The molecule has 0 amide bonds. The van der Waals surface area contributed by atoms with Crippen molar-refractivity contribution in [3.05, 3.63) is 70.0 Å². The Labute approximate surface area is 113 Å². The molecule has 0 atom stereocenters. The van der Waals surface area contributed by atoms with Crippen LogP contribution in [0.3, 0.4) is 0 Å². The number of para-hydroxylation sites is 1. The number of imidazole rings is 1. The number of nitrogens with zero attached hydrogens (tertiary/aromatic N) is 2. The van der Waals surface area contributed by atoms with Gasteiger partial charge in [0.05, 0.1) is 10.4 Å². The molecule has 2 aromatic carbocycles. The van der Waals surface area contributed by atoms with E-state index in [0.29, 0.717) is 11.1 Å². The molecule has 3 aromatic rings. The summed E-state index contributed by atoms with van der Waals surface area (Å²) in [7, 11) is 0. The van der Waals surface area contributed by atoms with Crippen molar-refractivity contribution in [2.24, 2.45) is 0 Å². The summed E-state index contributed by atoms with van der Waals surface area (Å²) in [4.78, 5) is 29.5. The van der Waals surface area contributed by atoms with Crippen LogP contribution in [0.1, 0.15) is 16.2 Å². The molecule has 98 valence electrons. The number of nitro groups is 1. The second kappa shape index (κ2) is 4.58. The molecule has 6 nitrogen and oxygen atoms in total. The van der Waals surface area contributed by atoms with Crippen LogP contribution in [0.5, 0.6) is 0 Å². The number of H-pyrrole nitrogens is 1. The van der Waals surface area contributed by atoms with E-state index in [9.17, 15) is 14.9 Å². The van der Waals surface area contributed by atoms with Gasteiger partial charge in [0.25, 0.3) is 5.69 Å². The van der Waals surface area contributed by atoms with Crippen LogP contribution in [-0.4, -0.2) is 20.7 Å². The standard InChI is InChI=1S/C14H9N3O3/c18-13(9-5-2-1-3-6-9)14-15-10-7-4-8-11(17(19)20)12(10)16-14/h1-8H,(H,15,16). The number of nitrogens with one attached hydrogen (secondary N) is 1. The minimum Gasteiger partial charge on any atom is -0.335 e. The molecule has 0 saturated carbocycles. The summed E-state index contributed by atoms with van der Waals surface area (Å²) in [5.74, 6) is -0.198. The van der Waals surface area contributed by atoms with Crippen molar-refractivity contribution in [2.45, 2.75) is 0 Å². The average Bonchev–Trinajstić information content (AvgIpc) is 2.90. The summed E-state index contributed by atoms with van der Waals surface area (Å²) < 4.78 is 0. The van der Waals surface area contributed by atoms with Crippen LogP contribution in [0, 0.1) is 10.1 Å². The number of fused-ring (bicyclic) bond motifs is 1. The van der Waals surface area contributed by atoms with Crippen LogP contribution in [0.15, 0.2) is 48.5 Å². The van der Waals surface area contributed by atoms with Gasteiger partial charge in [0.1, 0.15) is 0 Å². The van der Waals surface area contributed by atoms with Gasteiger partial charge in [0, 0.05) is 11.6 Å². The number of hydrogen-bond donors (Lipinski definition) is 1. The Morgan fingerprint density at radius 3 is 2.55 bits per heavy atom. The van der Waals surface area contributed by atoms with Crippen molar-refractivity contribution >= 4 is 22.5 Å². The highest BCUT2D eigenvalue weighted by Crippen LogP contribution is 2.23. The lowest BCUT2D eigenvalue weighted by atomic mass is 10.1. The summed E-state index contributed by atoms with van der Waals surface area (Å²) in [5.41, 5.74) is 1.02. The van der Waals surface area contributed by atoms with Gasteiger partial charge in [0.15, 0.2) is 11.3 Å². The first-order chi connectivity index (χ1) is 9.66. The number of nitro benzene ring substituents is 1.